The Hall–Kier alpha value is -1.88. The predicted molar refractivity (Wildman–Crippen MR) is 100.0 cm³/mol. The maximum absolute atomic E-state index is 11.9. The molecule has 27 heavy (non-hydrogen) atoms. The van der Waals surface area contributed by atoms with Crippen molar-refractivity contribution >= 4 is 39.2 Å². The summed E-state index contributed by atoms with van der Waals surface area (Å²) >= 11 is 11.8. The van der Waals surface area contributed by atoms with Crippen LogP contribution in [0.15, 0.2) is 24.4 Å². The summed E-state index contributed by atoms with van der Waals surface area (Å²) in [5.41, 5.74) is -0.163. The van der Waals surface area contributed by atoms with E-state index in [4.69, 9.17) is 33.0 Å². The highest BCUT2D eigenvalue weighted by Crippen LogP contribution is 2.24. The second kappa shape index (κ2) is 9.36. The number of aromatic carboxylic acids is 1. The fraction of sp³-hybridized carbons (Fsp3) is 0.400. The van der Waals surface area contributed by atoms with Crippen LogP contribution in [0.3, 0.4) is 0 Å². The summed E-state index contributed by atoms with van der Waals surface area (Å²) in [6.45, 7) is 0.745. The minimum atomic E-state index is -3.44. The molecule has 0 bridgehead atoms. The average Bonchev–Trinajstić information content (AvgIpc) is 3.00. The molecule has 1 heterocycles. The van der Waals surface area contributed by atoms with Crippen LogP contribution in [0.25, 0.3) is 0 Å². The molecule has 0 fully saturated rings. The Morgan fingerprint density at radius 2 is 1.93 bits per heavy atom. The maximum Gasteiger partial charge on any atom is 0.358 e. The summed E-state index contributed by atoms with van der Waals surface area (Å²) in [4.78, 5) is 12.0. The number of carboxylic acids is 1. The van der Waals surface area contributed by atoms with E-state index < -0.39 is 16.0 Å². The summed E-state index contributed by atoms with van der Waals surface area (Å²) in [5.74, 6) is -0.722. The lowest BCUT2D eigenvalue weighted by molar-refractivity contribution is 0.0689. The number of sulfonamides is 1. The molecule has 0 spiro atoms. The first-order valence-corrected chi connectivity index (χ1v) is 10.4. The van der Waals surface area contributed by atoms with Gasteiger partial charge in [-0.2, -0.15) is 14.2 Å². The molecular weight excluding hydrogens is 419 g/mol. The van der Waals surface area contributed by atoms with Gasteiger partial charge in [0.05, 0.1) is 19.0 Å². The first-order valence-electron chi connectivity index (χ1n) is 7.82. The van der Waals surface area contributed by atoms with E-state index in [0.717, 1.165) is 12.5 Å². The molecule has 0 aliphatic carbocycles. The number of aromatic nitrogens is 3. The van der Waals surface area contributed by atoms with E-state index in [1.807, 2.05) is 0 Å². The third-order valence-electron chi connectivity index (χ3n) is 3.44. The van der Waals surface area contributed by atoms with Crippen molar-refractivity contribution in [2.24, 2.45) is 0 Å². The largest absolute Gasteiger partial charge is 0.492 e. The van der Waals surface area contributed by atoms with E-state index in [1.54, 1.807) is 18.2 Å². The Morgan fingerprint density at radius 3 is 2.48 bits per heavy atom. The fourth-order valence-electron chi connectivity index (χ4n) is 2.21. The van der Waals surface area contributed by atoms with Gasteiger partial charge in [-0.15, -0.1) is 5.10 Å². The van der Waals surface area contributed by atoms with Crippen LogP contribution in [0.1, 0.15) is 16.9 Å². The SMILES string of the molecule is CS(=O)(=O)N(CCCn1ncc(C(=O)O)n1)CCOc1cc(Cl)cc(Cl)c1. The van der Waals surface area contributed by atoms with Gasteiger partial charge in [-0.1, -0.05) is 23.2 Å². The lowest BCUT2D eigenvalue weighted by Crippen LogP contribution is -2.35. The van der Waals surface area contributed by atoms with Crippen LogP contribution in [0.2, 0.25) is 10.0 Å². The zero-order valence-corrected chi connectivity index (χ0v) is 16.7. The zero-order valence-electron chi connectivity index (χ0n) is 14.4. The lowest BCUT2D eigenvalue weighted by atomic mass is 10.3. The normalized spacial score (nSPS) is 11.7. The van der Waals surface area contributed by atoms with Gasteiger partial charge in [0.2, 0.25) is 10.0 Å². The molecule has 0 radical (unpaired) electrons. The molecule has 1 aromatic heterocycles. The third kappa shape index (κ3) is 6.98. The first-order chi connectivity index (χ1) is 12.6. The second-order valence-corrected chi connectivity index (χ2v) is 8.46. The molecule has 0 amide bonds. The van der Waals surface area contributed by atoms with Gasteiger partial charge in [0.15, 0.2) is 5.69 Å². The predicted octanol–water partition coefficient (Wildman–Crippen LogP) is 2.01. The van der Waals surface area contributed by atoms with E-state index >= 15 is 0 Å². The first kappa shape index (κ1) is 21.4. The molecule has 0 unspecified atom stereocenters. The number of rotatable bonds is 10. The summed E-state index contributed by atoms with van der Waals surface area (Å²) in [6.07, 6.45) is 2.66. The van der Waals surface area contributed by atoms with Crippen molar-refractivity contribution in [3.63, 3.8) is 0 Å². The van der Waals surface area contributed by atoms with Gasteiger partial charge in [0.25, 0.3) is 0 Å². The van der Waals surface area contributed by atoms with Crippen molar-refractivity contribution in [2.75, 3.05) is 26.0 Å². The molecule has 2 rings (SSSR count). The number of carboxylic acid groups (broad SMARTS) is 1. The molecule has 1 aromatic carbocycles. The molecule has 2 aromatic rings. The molecule has 0 aliphatic rings. The zero-order chi connectivity index (χ0) is 20.0. The Morgan fingerprint density at radius 1 is 1.26 bits per heavy atom. The van der Waals surface area contributed by atoms with Crippen molar-refractivity contribution < 1.29 is 23.1 Å². The summed E-state index contributed by atoms with van der Waals surface area (Å²) in [7, 11) is -3.44. The standard InChI is InChI=1S/C15H18Cl2N4O5S/c1-27(24,25)20(3-2-4-21-18-10-14(19-21)15(22)23)5-6-26-13-8-11(16)7-12(17)9-13/h7-10H,2-6H2,1H3,(H,22,23). The minimum Gasteiger partial charge on any atom is -0.492 e. The van der Waals surface area contributed by atoms with Crippen molar-refractivity contribution in [3.8, 4) is 5.75 Å². The van der Waals surface area contributed by atoms with E-state index in [0.29, 0.717) is 22.2 Å². The number of halogens is 2. The van der Waals surface area contributed by atoms with Crippen LogP contribution in [-0.4, -0.2) is 64.7 Å². The molecule has 9 nitrogen and oxygen atoms in total. The molecule has 12 heteroatoms. The third-order valence-corrected chi connectivity index (χ3v) is 5.18. The van der Waals surface area contributed by atoms with Crippen LogP contribution in [0.5, 0.6) is 5.75 Å². The van der Waals surface area contributed by atoms with Gasteiger partial charge in [0, 0.05) is 23.1 Å². The Balaban J connectivity index is 1.86. The monoisotopic (exact) mass is 436 g/mol. The molecule has 0 atom stereocenters. The Bertz CT molecular complexity index is 883. The highest BCUT2D eigenvalue weighted by atomic mass is 35.5. The van der Waals surface area contributed by atoms with Gasteiger partial charge >= 0.3 is 5.97 Å². The molecule has 1 N–H and O–H groups in total. The number of ether oxygens (including phenoxy) is 1. The smallest absolute Gasteiger partial charge is 0.358 e. The summed E-state index contributed by atoms with van der Waals surface area (Å²) in [6, 6.07) is 4.74. The van der Waals surface area contributed by atoms with Crippen LogP contribution in [-0.2, 0) is 16.6 Å². The van der Waals surface area contributed by atoms with Gasteiger partial charge < -0.3 is 9.84 Å². The molecule has 0 saturated carbocycles. The molecule has 0 saturated heterocycles. The van der Waals surface area contributed by atoms with E-state index in [9.17, 15) is 13.2 Å². The minimum absolute atomic E-state index is 0.118. The van der Waals surface area contributed by atoms with Crippen molar-refractivity contribution in [1.82, 2.24) is 19.3 Å². The van der Waals surface area contributed by atoms with Crippen molar-refractivity contribution in [2.45, 2.75) is 13.0 Å². The maximum atomic E-state index is 11.9. The highest BCUT2D eigenvalue weighted by Gasteiger charge is 2.17. The van der Waals surface area contributed by atoms with Gasteiger partial charge in [-0.05, 0) is 24.6 Å². The van der Waals surface area contributed by atoms with Crippen molar-refractivity contribution in [1.29, 1.82) is 0 Å². The van der Waals surface area contributed by atoms with Gasteiger partial charge in [0.1, 0.15) is 12.4 Å². The van der Waals surface area contributed by atoms with Crippen LogP contribution in [0, 0.1) is 0 Å². The average molecular weight is 437 g/mol. The van der Waals surface area contributed by atoms with E-state index in [-0.39, 0.29) is 31.9 Å². The Labute approximate surface area is 166 Å². The number of carbonyl (C=O) groups is 1. The quantitative estimate of drug-likeness (QED) is 0.605. The number of hydrogen-bond acceptors (Lipinski definition) is 6. The Kier molecular flexibility index (Phi) is 7.42. The van der Waals surface area contributed by atoms with Crippen LogP contribution >= 0.6 is 23.2 Å². The molecule has 148 valence electrons. The lowest BCUT2D eigenvalue weighted by Gasteiger charge is -2.20. The van der Waals surface area contributed by atoms with Gasteiger partial charge in [-0.3, -0.25) is 0 Å². The van der Waals surface area contributed by atoms with E-state index in [2.05, 4.69) is 10.2 Å². The highest BCUT2D eigenvalue weighted by molar-refractivity contribution is 7.88. The number of hydrogen-bond donors (Lipinski definition) is 1. The van der Waals surface area contributed by atoms with E-state index in [1.165, 1.54) is 9.10 Å². The number of aryl methyl sites for hydroxylation is 1. The van der Waals surface area contributed by atoms with Gasteiger partial charge in [-0.25, -0.2) is 13.2 Å². The molecule has 0 aliphatic heterocycles. The second-order valence-electron chi connectivity index (χ2n) is 5.60. The fourth-order valence-corrected chi connectivity index (χ4v) is 3.59. The number of benzene rings is 1. The van der Waals surface area contributed by atoms with Crippen LogP contribution in [0.4, 0.5) is 0 Å². The summed E-state index contributed by atoms with van der Waals surface area (Å²) in [5, 5.41) is 17.2. The molecular formula is C15H18Cl2N4O5S. The van der Waals surface area contributed by atoms with Crippen molar-refractivity contribution in [3.05, 3.63) is 40.1 Å². The number of nitrogens with zero attached hydrogens (tertiary/aromatic N) is 4. The summed E-state index contributed by atoms with van der Waals surface area (Å²) < 4.78 is 30.6. The van der Waals surface area contributed by atoms with Crippen LogP contribution < -0.4 is 4.74 Å². The topological polar surface area (TPSA) is 115 Å².